The van der Waals surface area contributed by atoms with Crippen LogP contribution in [0.3, 0.4) is 0 Å². The van der Waals surface area contributed by atoms with Crippen molar-refractivity contribution in [3.63, 3.8) is 0 Å². The van der Waals surface area contributed by atoms with Crippen LogP contribution in [0.15, 0.2) is 36.7 Å². The number of amides is 1. The van der Waals surface area contributed by atoms with Gasteiger partial charge in [-0.25, -0.2) is 14.4 Å². The number of hydrogen-bond donors (Lipinski definition) is 1. The number of aromatic nitrogens is 2. The molecule has 0 saturated carbocycles. The number of hydrogen-bond acceptors (Lipinski definition) is 4. The van der Waals surface area contributed by atoms with Gasteiger partial charge in [0.05, 0.1) is 6.04 Å². The zero-order valence-electron chi connectivity index (χ0n) is 12.2. The Morgan fingerprint density at radius 1 is 1.36 bits per heavy atom. The lowest BCUT2D eigenvalue weighted by atomic mass is 9.95. The Hall–Kier alpha value is -2.50. The Morgan fingerprint density at radius 3 is 2.86 bits per heavy atom. The van der Waals surface area contributed by atoms with Gasteiger partial charge in [0.2, 0.25) is 0 Å². The number of likely N-dealkylation sites (tertiary alicyclic amines) is 1. The van der Waals surface area contributed by atoms with Crippen molar-refractivity contribution in [2.24, 2.45) is 5.92 Å². The number of carbonyl (C=O) groups excluding carboxylic acids is 1. The minimum atomic E-state index is -0.303. The van der Waals surface area contributed by atoms with Crippen molar-refractivity contribution >= 4 is 11.7 Å². The van der Waals surface area contributed by atoms with Crippen LogP contribution >= 0.6 is 0 Å². The molecule has 2 N–H and O–H groups in total. The van der Waals surface area contributed by atoms with Crippen molar-refractivity contribution < 1.29 is 9.18 Å². The molecule has 2 heterocycles. The molecule has 1 fully saturated rings. The summed E-state index contributed by atoms with van der Waals surface area (Å²) >= 11 is 0. The molecule has 22 heavy (non-hydrogen) atoms. The van der Waals surface area contributed by atoms with Crippen molar-refractivity contribution in [3.8, 4) is 0 Å². The third-order valence-corrected chi connectivity index (χ3v) is 4.08. The first-order valence-corrected chi connectivity index (χ1v) is 7.21. The molecule has 1 amide bonds. The van der Waals surface area contributed by atoms with Crippen molar-refractivity contribution in [2.75, 3.05) is 12.3 Å². The number of halogens is 1. The summed E-state index contributed by atoms with van der Waals surface area (Å²) < 4.78 is 13.5. The normalized spacial score (nSPS) is 21.1. The predicted octanol–water partition coefficient (Wildman–Crippen LogP) is 2.42. The minimum absolute atomic E-state index is 0.116. The summed E-state index contributed by atoms with van der Waals surface area (Å²) in [4.78, 5) is 22.4. The average Bonchev–Trinajstić information content (AvgIpc) is 2.89. The topological polar surface area (TPSA) is 72.1 Å². The highest BCUT2D eigenvalue weighted by molar-refractivity contribution is 5.96. The van der Waals surface area contributed by atoms with E-state index in [1.807, 2.05) is 6.07 Å². The summed E-state index contributed by atoms with van der Waals surface area (Å²) in [5, 5.41) is 0. The summed E-state index contributed by atoms with van der Waals surface area (Å²) in [5.74, 6) is -0.207. The Bertz CT molecular complexity index is 706. The molecule has 1 aliphatic heterocycles. The van der Waals surface area contributed by atoms with Crippen LogP contribution in [0.1, 0.15) is 35.4 Å². The number of nitrogen functional groups attached to an aromatic ring is 1. The Balaban J connectivity index is 1.96. The summed E-state index contributed by atoms with van der Waals surface area (Å²) in [6.45, 7) is 2.65. The molecule has 2 aromatic rings. The first-order valence-electron chi connectivity index (χ1n) is 7.21. The lowest BCUT2D eigenvalue weighted by Crippen LogP contribution is -2.33. The minimum Gasteiger partial charge on any atom is -0.382 e. The van der Waals surface area contributed by atoms with E-state index in [9.17, 15) is 9.18 Å². The summed E-state index contributed by atoms with van der Waals surface area (Å²) in [6.07, 6.45) is 3.75. The van der Waals surface area contributed by atoms with Gasteiger partial charge >= 0.3 is 0 Å². The van der Waals surface area contributed by atoms with Gasteiger partial charge in [0.1, 0.15) is 5.82 Å². The molecule has 0 spiro atoms. The van der Waals surface area contributed by atoms with Gasteiger partial charge in [-0.2, -0.15) is 0 Å². The van der Waals surface area contributed by atoms with Crippen LogP contribution in [0.25, 0.3) is 0 Å². The van der Waals surface area contributed by atoms with Gasteiger partial charge in [-0.3, -0.25) is 4.79 Å². The highest BCUT2D eigenvalue weighted by Gasteiger charge is 2.37. The van der Waals surface area contributed by atoms with Gasteiger partial charge in [-0.05, 0) is 30.0 Å². The Kier molecular flexibility index (Phi) is 3.75. The smallest absolute Gasteiger partial charge is 0.276 e. The van der Waals surface area contributed by atoms with E-state index in [2.05, 4.69) is 16.9 Å². The van der Waals surface area contributed by atoms with E-state index < -0.39 is 0 Å². The standard InChI is InChI=1S/C16H17FN4O/c1-10-5-8-21(14(10)11-3-2-4-12(17)9-11)16(22)13-15(18)20-7-6-19-13/h2-4,6-7,9-10,14H,5,8H2,1H3,(H2,18,20)/t10-,14+/m1/s1. The molecule has 1 aromatic heterocycles. The van der Waals surface area contributed by atoms with Crippen molar-refractivity contribution in [1.29, 1.82) is 0 Å². The second-order valence-corrected chi connectivity index (χ2v) is 5.55. The quantitative estimate of drug-likeness (QED) is 0.924. The fraction of sp³-hybridized carbons (Fsp3) is 0.312. The molecule has 3 rings (SSSR count). The third kappa shape index (κ3) is 2.52. The fourth-order valence-corrected chi connectivity index (χ4v) is 3.02. The average molecular weight is 300 g/mol. The number of anilines is 1. The maximum absolute atomic E-state index is 13.5. The SMILES string of the molecule is C[C@@H]1CCN(C(=O)c2nccnc2N)[C@@H]1c1cccc(F)c1. The van der Waals surface area contributed by atoms with Gasteiger partial charge in [0.15, 0.2) is 11.5 Å². The maximum Gasteiger partial charge on any atom is 0.276 e. The van der Waals surface area contributed by atoms with Crippen molar-refractivity contribution in [1.82, 2.24) is 14.9 Å². The van der Waals surface area contributed by atoms with Crippen LogP contribution in [-0.2, 0) is 0 Å². The third-order valence-electron chi connectivity index (χ3n) is 4.08. The van der Waals surface area contributed by atoms with Gasteiger partial charge < -0.3 is 10.6 Å². The zero-order valence-corrected chi connectivity index (χ0v) is 12.2. The summed E-state index contributed by atoms with van der Waals surface area (Å²) in [7, 11) is 0. The highest BCUT2D eigenvalue weighted by Crippen LogP contribution is 2.38. The summed E-state index contributed by atoms with van der Waals surface area (Å²) in [5.41, 5.74) is 6.69. The lowest BCUT2D eigenvalue weighted by Gasteiger charge is -2.27. The molecular weight excluding hydrogens is 283 g/mol. The van der Waals surface area contributed by atoms with Crippen LogP contribution in [0.5, 0.6) is 0 Å². The van der Waals surface area contributed by atoms with Crippen LogP contribution in [0, 0.1) is 11.7 Å². The Morgan fingerprint density at radius 2 is 2.14 bits per heavy atom. The molecule has 0 unspecified atom stereocenters. The molecule has 6 heteroatoms. The van der Waals surface area contributed by atoms with E-state index in [1.165, 1.54) is 24.5 Å². The highest BCUT2D eigenvalue weighted by atomic mass is 19.1. The second kappa shape index (κ2) is 5.71. The van der Waals surface area contributed by atoms with Crippen molar-refractivity contribution in [3.05, 3.63) is 53.7 Å². The molecule has 0 radical (unpaired) electrons. The van der Waals surface area contributed by atoms with Crippen molar-refractivity contribution in [2.45, 2.75) is 19.4 Å². The number of rotatable bonds is 2. The first kappa shape index (κ1) is 14.4. The molecule has 1 aliphatic rings. The van der Waals surface area contributed by atoms with Crippen LogP contribution in [0.2, 0.25) is 0 Å². The fourth-order valence-electron chi connectivity index (χ4n) is 3.02. The van der Waals surface area contributed by atoms with Gasteiger partial charge in [0.25, 0.3) is 5.91 Å². The maximum atomic E-state index is 13.5. The molecule has 114 valence electrons. The number of nitrogens with two attached hydrogens (primary N) is 1. The molecule has 1 saturated heterocycles. The molecule has 5 nitrogen and oxygen atoms in total. The molecular formula is C16H17FN4O. The monoisotopic (exact) mass is 300 g/mol. The number of carbonyl (C=O) groups is 1. The number of benzene rings is 1. The van der Waals surface area contributed by atoms with Crippen LogP contribution in [-0.4, -0.2) is 27.3 Å². The van der Waals surface area contributed by atoms with Gasteiger partial charge in [-0.1, -0.05) is 19.1 Å². The van der Waals surface area contributed by atoms with Crippen LogP contribution < -0.4 is 5.73 Å². The summed E-state index contributed by atoms with van der Waals surface area (Å²) in [6, 6.07) is 6.21. The zero-order chi connectivity index (χ0) is 15.7. The van der Waals surface area contributed by atoms with E-state index in [4.69, 9.17) is 5.73 Å². The molecule has 0 bridgehead atoms. The van der Waals surface area contributed by atoms with E-state index in [0.717, 1.165) is 12.0 Å². The lowest BCUT2D eigenvalue weighted by molar-refractivity contribution is 0.0715. The van der Waals surface area contributed by atoms with E-state index in [-0.39, 0.29) is 35.2 Å². The van der Waals surface area contributed by atoms with E-state index in [1.54, 1.807) is 11.0 Å². The predicted molar refractivity (Wildman–Crippen MR) is 80.4 cm³/mol. The van der Waals surface area contributed by atoms with Gasteiger partial charge in [-0.15, -0.1) is 0 Å². The largest absolute Gasteiger partial charge is 0.382 e. The number of nitrogens with zero attached hydrogens (tertiary/aromatic N) is 3. The van der Waals surface area contributed by atoms with E-state index >= 15 is 0 Å². The molecule has 2 atom stereocenters. The molecule has 0 aliphatic carbocycles. The van der Waals surface area contributed by atoms with Gasteiger partial charge in [0, 0.05) is 18.9 Å². The van der Waals surface area contributed by atoms with Crippen LogP contribution in [0.4, 0.5) is 10.2 Å². The first-order chi connectivity index (χ1) is 10.6. The van der Waals surface area contributed by atoms with E-state index in [0.29, 0.717) is 6.54 Å². The second-order valence-electron chi connectivity index (χ2n) is 5.55. The molecule has 1 aromatic carbocycles. The Labute approximate surface area is 128 Å².